The van der Waals surface area contributed by atoms with Crippen molar-refractivity contribution in [1.29, 1.82) is 0 Å². The van der Waals surface area contributed by atoms with Gasteiger partial charge in [-0.3, -0.25) is 9.97 Å². The van der Waals surface area contributed by atoms with Crippen LogP contribution in [-0.2, 0) is 25.7 Å². The highest BCUT2D eigenvalue weighted by atomic mass is 15.2. The van der Waals surface area contributed by atoms with Crippen molar-refractivity contribution >= 4 is 17.1 Å². The number of rotatable bonds is 0. The van der Waals surface area contributed by atoms with E-state index in [9.17, 15) is 0 Å². The molecule has 3 aromatic carbocycles. The number of nitrogens with zero attached hydrogens (tertiary/aromatic N) is 3. The van der Waals surface area contributed by atoms with Crippen molar-refractivity contribution < 1.29 is 0 Å². The lowest BCUT2D eigenvalue weighted by Crippen LogP contribution is -2.25. The zero-order valence-corrected chi connectivity index (χ0v) is 19.2. The van der Waals surface area contributed by atoms with E-state index in [0.29, 0.717) is 0 Å². The Bertz CT molecular complexity index is 1760. The van der Waals surface area contributed by atoms with Crippen LogP contribution in [0.3, 0.4) is 0 Å². The molecule has 0 N–H and O–H groups in total. The van der Waals surface area contributed by atoms with Crippen LogP contribution in [0.25, 0.3) is 22.3 Å². The maximum atomic E-state index is 4.82. The maximum Gasteiger partial charge on any atom is 0.0716 e. The topological polar surface area (TPSA) is 29.0 Å². The van der Waals surface area contributed by atoms with Crippen LogP contribution < -0.4 is 4.90 Å². The highest BCUT2D eigenvalue weighted by Gasteiger charge is 2.34. The minimum atomic E-state index is 0.887. The summed E-state index contributed by atoms with van der Waals surface area (Å²) < 4.78 is 0. The van der Waals surface area contributed by atoms with Crippen molar-refractivity contribution in [2.75, 3.05) is 4.90 Å². The van der Waals surface area contributed by atoms with Crippen molar-refractivity contribution in [3.05, 3.63) is 124 Å². The molecule has 3 nitrogen and oxygen atoms in total. The van der Waals surface area contributed by atoms with Gasteiger partial charge in [0.05, 0.1) is 29.0 Å². The Labute approximate surface area is 203 Å². The second-order valence-electron chi connectivity index (χ2n) is 10.3. The third-order valence-corrected chi connectivity index (χ3v) is 8.41. The predicted molar refractivity (Wildman–Crippen MR) is 139 cm³/mol. The molecule has 2 aromatic heterocycles. The Morgan fingerprint density at radius 1 is 0.543 bits per heavy atom. The minimum absolute atomic E-state index is 0.887. The normalized spacial score (nSPS) is 14.9. The monoisotopic (exact) mass is 447 g/mol. The molecule has 0 saturated heterocycles. The summed E-state index contributed by atoms with van der Waals surface area (Å²) >= 11 is 0. The summed E-state index contributed by atoms with van der Waals surface area (Å²) in [5.74, 6) is 0. The van der Waals surface area contributed by atoms with Gasteiger partial charge in [0.25, 0.3) is 0 Å². The van der Waals surface area contributed by atoms with Gasteiger partial charge < -0.3 is 4.90 Å². The summed E-state index contributed by atoms with van der Waals surface area (Å²) in [7, 11) is 0. The van der Waals surface area contributed by atoms with Gasteiger partial charge in [0.2, 0.25) is 0 Å². The molecule has 0 unspecified atom stereocenters. The molecular formula is C32H21N3. The molecular weight excluding hydrogens is 426 g/mol. The standard InChI is InChI=1S/C32H21N3/c1-2-4-25-18(3-1)9-21-11-22-12-23-13-24-14-29-32-20(6-8-34-29)10-19-5-7-33-17-31(19)35(32)30(24)16-28(23)27(22)15-26(21)25/h1-8,11,13,15-17H,9-10,12,14H2. The molecule has 0 radical (unpaired) electrons. The largest absolute Gasteiger partial charge is 0.306 e. The molecule has 0 bridgehead atoms. The number of pyridine rings is 2. The van der Waals surface area contributed by atoms with E-state index in [0.717, 1.165) is 25.7 Å². The first-order valence-electron chi connectivity index (χ1n) is 12.4. The summed E-state index contributed by atoms with van der Waals surface area (Å²) in [6.45, 7) is 0. The van der Waals surface area contributed by atoms with Crippen molar-refractivity contribution in [1.82, 2.24) is 9.97 Å². The molecule has 164 valence electrons. The fraction of sp³-hybridized carbons (Fsp3) is 0.125. The molecule has 5 aromatic rings. The Hall–Kier alpha value is -4.24. The number of aromatic nitrogens is 2. The molecule has 0 atom stereocenters. The van der Waals surface area contributed by atoms with Gasteiger partial charge in [0, 0.05) is 25.2 Å². The number of anilines is 3. The fourth-order valence-corrected chi connectivity index (χ4v) is 6.88. The fourth-order valence-electron chi connectivity index (χ4n) is 6.88. The van der Waals surface area contributed by atoms with Crippen LogP contribution in [0.15, 0.2) is 79.3 Å². The third-order valence-electron chi connectivity index (χ3n) is 8.41. The van der Waals surface area contributed by atoms with E-state index in [1.165, 1.54) is 84.0 Å². The van der Waals surface area contributed by atoms with E-state index in [4.69, 9.17) is 4.98 Å². The van der Waals surface area contributed by atoms with Gasteiger partial charge >= 0.3 is 0 Å². The second-order valence-corrected chi connectivity index (χ2v) is 10.3. The minimum Gasteiger partial charge on any atom is -0.306 e. The highest BCUT2D eigenvalue weighted by molar-refractivity contribution is 5.93. The molecule has 0 spiro atoms. The zero-order chi connectivity index (χ0) is 22.7. The van der Waals surface area contributed by atoms with E-state index in [2.05, 4.69) is 70.5 Å². The van der Waals surface area contributed by atoms with Crippen molar-refractivity contribution in [2.45, 2.75) is 25.7 Å². The summed E-state index contributed by atoms with van der Waals surface area (Å²) in [6.07, 6.45) is 9.80. The van der Waals surface area contributed by atoms with Gasteiger partial charge in [-0.25, -0.2) is 0 Å². The number of fused-ring (bicyclic) bond motifs is 10. The summed E-state index contributed by atoms with van der Waals surface area (Å²) in [6, 6.07) is 23.1. The van der Waals surface area contributed by atoms with E-state index in [-0.39, 0.29) is 0 Å². The van der Waals surface area contributed by atoms with Gasteiger partial charge in [-0.1, -0.05) is 36.4 Å². The Morgan fingerprint density at radius 3 is 2.23 bits per heavy atom. The molecule has 35 heavy (non-hydrogen) atoms. The summed E-state index contributed by atoms with van der Waals surface area (Å²) in [4.78, 5) is 11.8. The maximum absolute atomic E-state index is 4.82. The lowest BCUT2D eigenvalue weighted by molar-refractivity contribution is 0.953. The number of benzene rings is 3. The molecule has 0 amide bonds. The predicted octanol–water partition coefficient (Wildman–Crippen LogP) is 6.90. The molecule has 2 aliphatic heterocycles. The smallest absolute Gasteiger partial charge is 0.0716 e. The van der Waals surface area contributed by atoms with Gasteiger partial charge in [0.1, 0.15) is 0 Å². The summed E-state index contributed by atoms with van der Waals surface area (Å²) in [5, 5.41) is 0. The van der Waals surface area contributed by atoms with Crippen LogP contribution in [0.1, 0.15) is 44.6 Å². The SMILES string of the molecule is c1ccc2c(c1)Cc1cc3c(cc1-2)-c1cc2c(cc1C3)Cc1nccc3c1N2c1cnccc1C3. The first-order chi connectivity index (χ1) is 17.3. The third kappa shape index (κ3) is 2.30. The van der Waals surface area contributed by atoms with Gasteiger partial charge in [-0.15, -0.1) is 0 Å². The molecule has 3 heteroatoms. The van der Waals surface area contributed by atoms with E-state index >= 15 is 0 Å². The average molecular weight is 448 g/mol. The highest BCUT2D eigenvalue weighted by Crippen LogP contribution is 2.53. The Kier molecular flexibility index (Phi) is 3.24. The van der Waals surface area contributed by atoms with Gasteiger partial charge in [-0.05, 0) is 98.3 Å². The van der Waals surface area contributed by atoms with Crippen LogP contribution in [0.5, 0.6) is 0 Å². The number of hydrogen-bond donors (Lipinski definition) is 0. The lowest BCUT2D eigenvalue weighted by atomic mass is 9.88. The van der Waals surface area contributed by atoms with Crippen LogP contribution in [0.4, 0.5) is 17.1 Å². The molecule has 2 aliphatic carbocycles. The number of hydrogen-bond acceptors (Lipinski definition) is 3. The van der Waals surface area contributed by atoms with E-state index in [1.54, 1.807) is 0 Å². The Morgan fingerprint density at radius 2 is 1.29 bits per heavy atom. The first kappa shape index (κ1) is 18.1. The van der Waals surface area contributed by atoms with Gasteiger partial charge in [-0.2, -0.15) is 0 Å². The molecule has 4 heterocycles. The first-order valence-corrected chi connectivity index (χ1v) is 12.4. The average Bonchev–Trinajstić information content (AvgIpc) is 3.42. The second kappa shape index (κ2) is 6.25. The molecule has 4 aliphatic rings. The van der Waals surface area contributed by atoms with E-state index < -0.39 is 0 Å². The van der Waals surface area contributed by atoms with Crippen LogP contribution in [0, 0.1) is 0 Å². The molecule has 0 saturated carbocycles. The Balaban J connectivity index is 1.27. The summed E-state index contributed by atoms with van der Waals surface area (Å²) in [5.41, 5.74) is 20.4. The quantitative estimate of drug-likeness (QED) is 0.253. The lowest BCUT2D eigenvalue weighted by Gasteiger charge is -2.38. The van der Waals surface area contributed by atoms with E-state index in [1.807, 2.05) is 18.6 Å². The van der Waals surface area contributed by atoms with Gasteiger partial charge in [0.15, 0.2) is 0 Å². The van der Waals surface area contributed by atoms with Crippen LogP contribution >= 0.6 is 0 Å². The van der Waals surface area contributed by atoms with Crippen molar-refractivity contribution in [3.8, 4) is 22.3 Å². The zero-order valence-electron chi connectivity index (χ0n) is 19.2. The molecule has 0 fully saturated rings. The van der Waals surface area contributed by atoms with Crippen LogP contribution in [0.2, 0.25) is 0 Å². The van der Waals surface area contributed by atoms with Crippen molar-refractivity contribution in [2.24, 2.45) is 0 Å². The van der Waals surface area contributed by atoms with Crippen LogP contribution in [-0.4, -0.2) is 9.97 Å². The molecule has 9 rings (SSSR count). The van der Waals surface area contributed by atoms with Crippen molar-refractivity contribution in [3.63, 3.8) is 0 Å².